The fourth-order valence-corrected chi connectivity index (χ4v) is 2.50. The van der Waals surface area contributed by atoms with E-state index in [0.717, 1.165) is 12.8 Å². The van der Waals surface area contributed by atoms with E-state index in [9.17, 15) is 9.59 Å². The lowest BCUT2D eigenvalue weighted by Crippen LogP contribution is -2.25. The topological polar surface area (TPSA) is 55.4 Å². The molecule has 0 saturated heterocycles. The van der Waals surface area contributed by atoms with E-state index < -0.39 is 5.91 Å². The first-order valence-electron chi connectivity index (χ1n) is 6.63. The van der Waals surface area contributed by atoms with Gasteiger partial charge in [0.2, 0.25) is 0 Å². The minimum absolute atomic E-state index is 0.151. The van der Waals surface area contributed by atoms with Crippen LogP contribution >= 0.6 is 23.2 Å². The summed E-state index contributed by atoms with van der Waals surface area (Å²) in [7, 11) is 0. The van der Waals surface area contributed by atoms with Gasteiger partial charge in [0, 0.05) is 5.02 Å². The lowest BCUT2D eigenvalue weighted by Gasteiger charge is -2.16. The molecule has 0 fully saturated rings. The van der Waals surface area contributed by atoms with Crippen molar-refractivity contribution in [3.05, 3.63) is 40.4 Å². The van der Waals surface area contributed by atoms with Gasteiger partial charge in [-0.1, -0.05) is 35.4 Å². The fraction of sp³-hybridized carbons (Fsp3) is 0.333. The van der Waals surface area contributed by atoms with Crippen molar-refractivity contribution in [2.24, 2.45) is 5.92 Å². The molecule has 0 aromatic heterocycles. The Morgan fingerprint density at radius 3 is 2.76 bits per heavy atom. The van der Waals surface area contributed by atoms with Crippen LogP contribution in [0.2, 0.25) is 10.0 Å². The molecule has 0 spiro atoms. The number of allylic oxidation sites excluding steroid dienone is 2. The maximum atomic E-state index is 11.8. The van der Waals surface area contributed by atoms with Crippen LogP contribution in [0.4, 0.5) is 5.69 Å². The van der Waals surface area contributed by atoms with Gasteiger partial charge in [-0.15, -0.1) is 0 Å². The summed E-state index contributed by atoms with van der Waals surface area (Å²) in [5.74, 6) is -0.919. The third-order valence-corrected chi connectivity index (χ3v) is 3.70. The number of ether oxygens (including phenoxy) is 1. The summed E-state index contributed by atoms with van der Waals surface area (Å²) < 4.78 is 5.03. The van der Waals surface area contributed by atoms with Crippen LogP contribution in [0.15, 0.2) is 30.4 Å². The van der Waals surface area contributed by atoms with Crippen LogP contribution < -0.4 is 5.32 Å². The molecule has 2 rings (SSSR count). The number of benzene rings is 1. The molecule has 0 bridgehead atoms. The number of hydrogen-bond acceptors (Lipinski definition) is 3. The molecule has 1 aliphatic rings. The van der Waals surface area contributed by atoms with E-state index in [-0.39, 0.29) is 18.5 Å². The second-order valence-corrected chi connectivity index (χ2v) is 5.61. The molecule has 0 aliphatic heterocycles. The van der Waals surface area contributed by atoms with E-state index in [1.807, 2.05) is 12.2 Å². The van der Waals surface area contributed by atoms with Gasteiger partial charge in [0.1, 0.15) is 0 Å². The molecule has 1 aliphatic carbocycles. The summed E-state index contributed by atoms with van der Waals surface area (Å²) in [6.45, 7) is -0.321. The number of nitrogens with one attached hydrogen (secondary N) is 1. The van der Waals surface area contributed by atoms with Crippen LogP contribution in [0.3, 0.4) is 0 Å². The quantitative estimate of drug-likeness (QED) is 0.675. The van der Waals surface area contributed by atoms with Crippen molar-refractivity contribution in [2.45, 2.75) is 19.3 Å². The lowest BCUT2D eigenvalue weighted by molar-refractivity contribution is -0.151. The minimum Gasteiger partial charge on any atom is -0.455 e. The van der Waals surface area contributed by atoms with Crippen LogP contribution in [0, 0.1) is 5.92 Å². The molecule has 0 heterocycles. The molecule has 4 nitrogen and oxygen atoms in total. The van der Waals surface area contributed by atoms with E-state index in [1.54, 1.807) is 12.1 Å². The van der Waals surface area contributed by atoms with Crippen molar-refractivity contribution in [3.63, 3.8) is 0 Å². The number of halogens is 2. The number of carbonyl (C=O) groups is 2. The van der Waals surface area contributed by atoms with E-state index >= 15 is 0 Å². The maximum Gasteiger partial charge on any atom is 0.309 e. The molecule has 0 saturated carbocycles. The average Bonchev–Trinajstić information content (AvgIpc) is 2.48. The van der Waals surface area contributed by atoms with Crippen molar-refractivity contribution >= 4 is 40.8 Å². The largest absolute Gasteiger partial charge is 0.455 e. The Hall–Kier alpha value is -1.52. The number of esters is 1. The second kappa shape index (κ2) is 7.48. The minimum atomic E-state index is -0.432. The molecular formula is C15H15Cl2NO3. The average molecular weight is 328 g/mol. The summed E-state index contributed by atoms with van der Waals surface area (Å²) in [6.07, 6.45) is 6.30. The molecule has 112 valence electrons. The highest BCUT2D eigenvalue weighted by Gasteiger charge is 2.21. The van der Waals surface area contributed by atoms with Gasteiger partial charge in [0.25, 0.3) is 5.91 Å². The summed E-state index contributed by atoms with van der Waals surface area (Å²) in [6, 6.07) is 4.73. The number of rotatable bonds is 4. The first-order chi connectivity index (χ1) is 10.1. The van der Waals surface area contributed by atoms with E-state index in [2.05, 4.69) is 5.32 Å². The molecule has 1 aromatic rings. The van der Waals surface area contributed by atoms with Crippen LogP contribution in [0.5, 0.6) is 0 Å². The Labute approximate surface area is 133 Å². The molecule has 21 heavy (non-hydrogen) atoms. The highest BCUT2D eigenvalue weighted by atomic mass is 35.5. The standard InChI is InChI=1S/C15H15Cl2NO3/c16-11-6-7-13(12(17)8-11)18-14(19)9-21-15(20)10-4-2-1-3-5-10/h1-2,6-8,10H,3-5,9H2,(H,18,19)/t10-/m1/s1. The van der Waals surface area contributed by atoms with E-state index in [0.29, 0.717) is 22.2 Å². The Morgan fingerprint density at radius 1 is 1.29 bits per heavy atom. The zero-order valence-corrected chi connectivity index (χ0v) is 12.8. The van der Waals surface area contributed by atoms with Crippen molar-refractivity contribution in [1.29, 1.82) is 0 Å². The van der Waals surface area contributed by atoms with E-state index in [1.165, 1.54) is 6.07 Å². The smallest absolute Gasteiger partial charge is 0.309 e. The molecular weight excluding hydrogens is 313 g/mol. The second-order valence-electron chi connectivity index (χ2n) is 4.76. The first kappa shape index (κ1) is 15.9. The molecule has 1 aromatic carbocycles. The van der Waals surface area contributed by atoms with Crippen molar-refractivity contribution < 1.29 is 14.3 Å². The molecule has 1 amide bonds. The van der Waals surface area contributed by atoms with Crippen LogP contribution in [-0.4, -0.2) is 18.5 Å². The Balaban J connectivity index is 1.81. The highest BCUT2D eigenvalue weighted by molar-refractivity contribution is 6.36. The van der Waals surface area contributed by atoms with Crippen molar-refractivity contribution in [2.75, 3.05) is 11.9 Å². The van der Waals surface area contributed by atoms with Gasteiger partial charge in [-0.3, -0.25) is 9.59 Å². The van der Waals surface area contributed by atoms with Crippen LogP contribution in [-0.2, 0) is 14.3 Å². The van der Waals surface area contributed by atoms with E-state index in [4.69, 9.17) is 27.9 Å². The molecule has 6 heteroatoms. The zero-order chi connectivity index (χ0) is 15.2. The van der Waals surface area contributed by atoms with Crippen LogP contribution in [0.25, 0.3) is 0 Å². The highest BCUT2D eigenvalue weighted by Crippen LogP contribution is 2.25. The van der Waals surface area contributed by atoms with Crippen molar-refractivity contribution in [1.82, 2.24) is 0 Å². The maximum absolute atomic E-state index is 11.8. The van der Waals surface area contributed by atoms with Gasteiger partial charge in [-0.25, -0.2) is 0 Å². The molecule has 0 radical (unpaired) electrons. The summed E-state index contributed by atoms with van der Waals surface area (Å²) in [5, 5.41) is 3.39. The number of carbonyl (C=O) groups excluding carboxylic acids is 2. The predicted octanol–water partition coefficient (Wildman–Crippen LogP) is 3.83. The Morgan fingerprint density at radius 2 is 2.10 bits per heavy atom. The lowest BCUT2D eigenvalue weighted by atomic mass is 9.95. The van der Waals surface area contributed by atoms with Gasteiger partial charge in [-0.05, 0) is 37.5 Å². The third kappa shape index (κ3) is 4.76. The number of hydrogen-bond donors (Lipinski definition) is 1. The monoisotopic (exact) mass is 327 g/mol. The molecule has 1 N–H and O–H groups in total. The third-order valence-electron chi connectivity index (χ3n) is 3.15. The van der Waals surface area contributed by atoms with Gasteiger partial charge in [0.15, 0.2) is 6.61 Å². The summed E-state index contributed by atoms with van der Waals surface area (Å²) >= 11 is 11.7. The molecule has 1 atom stereocenters. The Kier molecular flexibility index (Phi) is 5.65. The van der Waals surface area contributed by atoms with Crippen LogP contribution in [0.1, 0.15) is 19.3 Å². The van der Waals surface area contributed by atoms with Gasteiger partial charge >= 0.3 is 5.97 Å². The predicted molar refractivity (Wildman–Crippen MR) is 82.5 cm³/mol. The first-order valence-corrected chi connectivity index (χ1v) is 7.38. The van der Waals surface area contributed by atoms with Gasteiger partial charge < -0.3 is 10.1 Å². The number of amides is 1. The summed E-state index contributed by atoms with van der Waals surface area (Å²) in [4.78, 5) is 23.5. The fourth-order valence-electron chi connectivity index (χ4n) is 2.04. The normalized spacial score (nSPS) is 17.3. The number of anilines is 1. The zero-order valence-electron chi connectivity index (χ0n) is 11.3. The summed E-state index contributed by atoms with van der Waals surface area (Å²) in [5.41, 5.74) is 0.433. The van der Waals surface area contributed by atoms with Gasteiger partial charge in [-0.2, -0.15) is 0 Å². The molecule has 0 unspecified atom stereocenters. The Bertz CT molecular complexity index is 572. The van der Waals surface area contributed by atoms with Crippen molar-refractivity contribution in [3.8, 4) is 0 Å². The van der Waals surface area contributed by atoms with Gasteiger partial charge in [0.05, 0.1) is 16.6 Å². The SMILES string of the molecule is O=C(COC(=O)[C@@H]1CC=CCC1)Nc1ccc(Cl)cc1Cl.